The predicted octanol–water partition coefficient (Wildman–Crippen LogP) is 0.824. The summed E-state index contributed by atoms with van der Waals surface area (Å²) < 4.78 is 0. The zero-order chi connectivity index (χ0) is 13.5. The van der Waals surface area contributed by atoms with E-state index in [0.29, 0.717) is 30.0 Å². The normalized spacial score (nSPS) is 9.39. The Morgan fingerprint density at radius 1 is 1.44 bits per heavy atom. The Kier molecular flexibility index (Phi) is 4.81. The standard InChI is InChI=1S/C12H17N5O/c1-17(2)12(18)16-6-5-15-11-4-3-10(14)7-9(11)8-13/h3-4,7,15H,5-6,14H2,1-2H3,(H,16,18). The molecule has 0 spiro atoms. The number of nitrogens with two attached hydrogens (primary N) is 1. The van der Waals surface area contributed by atoms with E-state index in [1.54, 1.807) is 32.3 Å². The lowest BCUT2D eigenvalue weighted by Gasteiger charge is -2.13. The van der Waals surface area contributed by atoms with E-state index in [2.05, 4.69) is 16.7 Å². The van der Waals surface area contributed by atoms with Crippen LogP contribution in [0.2, 0.25) is 0 Å². The van der Waals surface area contributed by atoms with E-state index in [-0.39, 0.29) is 6.03 Å². The van der Waals surface area contributed by atoms with Gasteiger partial charge in [-0.15, -0.1) is 0 Å². The lowest BCUT2D eigenvalue weighted by molar-refractivity contribution is 0.218. The van der Waals surface area contributed by atoms with Gasteiger partial charge in [0.05, 0.1) is 11.3 Å². The number of hydrogen-bond donors (Lipinski definition) is 3. The fraction of sp³-hybridized carbons (Fsp3) is 0.333. The zero-order valence-electron chi connectivity index (χ0n) is 10.5. The van der Waals surface area contributed by atoms with Gasteiger partial charge in [-0.3, -0.25) is 0 Å². The summed E-state index contributed by atoms with van der Waals surface area (Å²) in [6.07, 6.45) is 0. The molecule has 2 amide bonds. The van der Waals surface area contributed by atoms with Gasteiger partial charge in [0.1, 0.15) is 6.07 Å². The highest BCUT2D eigenvalue weighted by Crippen LogP contribution is 2.17. The second kappa shape index (κ2) is 6.35. The minimum absolute atomic E-state index is 0.144. The van der Waals surface area contributed by atoms with Crippen molar-refractivity contribution in [1.29, 1.82) is 5.26 Å². The SMILES string of the molecule is CN(C)C(=O)NCCNc1ccc(N)cc1C#N. The summed E-state index contributed by atoms with van der Waals surface area (Å²) in [5, 5.41) is 14.7. The van der Waals surface area contributed by atoms with Crippen molar-refractivity contribution in [1.82, 2.24) is 10.2 Å². The lowest BCUT2D eigenvalue weighted by Crippen LogP contribution is -2.37. The highest BCUT2D eigenvalue weighted by atomic mass is 16.2. The highest BCUT2D eigenvalue weighted by molar-refractivity contribution is 5.73. The van der Waals surface area contributed by atoms with Crippen LogP contribution in [0.4, 0.5) is 16.2 Å². The van der Waals surface area contributed by atoms with Crippen LogP contribution in [-0.4, -0.2) is 38.1 Å². The van der Waals surface area contributed by atoms with Gasteiger partial charge in [0.2, 0.25) is 0 Å². The maximum absolute atomic E-state index is 11.2. The third kappa shape index (κ3) is 3.87. The molecule has 0 radical (unpaired) electrons. The van der Waals surface area contributed by atoms with Gasteiger partial charge in [0, 0.05) is 32.9 Å². The van der Waals surface area contributed by atoms with Crippen molar-refractivity contribution in [2.24, 2.45) is 0 Å². The summed E-state index contributed by atoms with van der Waals surface area (Å²) in [7, 11) is 3.35. The molecule has 0 fully saturated rings. The highest BCUT2D eigenvalue weighted by Gasteiger charge is 2.03. The molecule has 0 aliphatic heterocycles. The number of carbonyl (C=O) groups is 1. The average Bonchev–Trinajstić information content (AvgIpc) is 2.35. The van der Waals surface area contributed by atoms with Gasteiger partial charge in [0.25, 0.3) is 0 Å². The molecule has 0 aromatic heterocycles. The number of hydrogen-bond acceptors (Lipinski definition) is 4. The molecule has 1 aromatic carbocycles. The summed E-state index contributed by atoms with van der Waals surface area (Å²) in [4.78, 5) is 12.7. The molecule has 6 nitrogen and oxygen atoms in total. The van der Waals surface area contributed by atoms with Crippen molar-refractivity contribution >= 4 is 17.4 Å². The van der Waals surface area contributed by atoms with E-state index in [4.69, 9.17) is 11.0 Å². The summed E-state index contributed by atoms with van der Waals surface area (Å²) in [5.41, 5.74) is 7.35. The van der Waals surface area contributed by atoms with Gasteiger partial charge in [0.15, 0.2) is 0 Å². The number of nitriles is 1. The quantitative estimate of drug-likeness (QED) is 0.542. The van der Waals surface area contributed by atoms with E-state index in [9.17, 15) is 4.79 Å². The van der Waals surface area contributed by atoms with Gasteiger partial charge < -0.3 is 21.3 Å². The molecule has 0 saturated heterocycles. The van der Waals surface area contributed by atoms with Gasteiger partial charge in [-0.05, 0) is 18.2 Å². The first-order chi connectivity index (χ1) is 8.54. The number of anilines is 2. The summed E-state index contributed by atoms with van der Waals surface area (Å²) >= 11 is 0. The number of carbonyl (C=O) groups excluding carboxylic acids is 1. The van der Waals surface area contributed by atoms with E-state index in [1.165, 1.54) is 4.90 Å². The second-order valence-corrected chi connectivity index (χ2v) is 3.97. The third-order valence-electron chi connectivity index (χ3n) is 2.29. The van der Waals surface area contributed by atoms with E-state index >= 15 is 0 Å². The molecule has 0 aliphatic rings. The fourth-order valence-electron chi connectivity index (χ4n) is 1.33. The maximum atomic E-state index is 11.2. The van der Waals surface area contributed by atoms with Crippen molar-refractivity contribution in [3.05, 3.63) is 23.8 Å². The number of rotatable bonds is 4. The van der Waals surface area contributed by atoms with Crippen LogP contribution in [0.1, 0.15) is 5.56 Å². The first-order valence-corrected chi connectivity index (χ1v) is 5.53. The summed E-state index contributed by atoms with van der Waals surface area (Å²) in [6.45, 7) is 1.02. The zero-order valence-corrected chi connectivity index (χ0v) is 10.5. The van der Waals surface area contributed by atoms with Crippen LogP contribution in [0.25, 0.3) is 0 Å². The Morgan fingerprint density at radius 2 is 2.17 bits per heavy atom. The molecule has 0 unspecified atom stereocenters. The van der Waals surface area contributed by atoms with Crippen LogP contribution in [0, 0.1) is 11.3 Å². The Hall–Kier alpha value is -2.42. The van der Waals surface area contributed by atoms with Crippen molar-refractivity contribution in [2.75, 3.05) is 38.2 Å². The van der Waals surface area contributed by atoms with Crippen LogP contribution < -0.4 is 16.4 Å². The predicted molar refractivity (Wildman–Crippen MR) is 71.1 cm³/mol. The molecule has 0 aliphatic carbocycles. The van der Waals surface area contributed by atoms with Crippen molar-refractivity contribution < 1.29 is 4.79 Å². The minimum Gasteiger partial charge on any atom is -0.399 e. The number of nitrogen functional groups attached to an aromatic ring is 1. The Morgan fingerprint density at radius 3 is 2.78 bits per heavy atom. The minimum atomic E-state index is -0.144. The molecule has 1 rings (SSSR count). The topological polar surface area (TPSA) is 94.2 Å². The third-order valence-corrected chi connectivity index (χ3v) is 2.29. The molecule has 96 valence electrons. The van der Waals surface area contributed by atoms with E-state index in [1.807, 2.05) is 0 Å². The lowest BCUT2D eigenvalue weighted by atomic mass is 10.1. The van der Waals surface area contributed by atoms with Gasteiger partial charge in [-0.1, -0.05) is 0 Å². The largest absolute Gasteiger partial charge is 0.399 e. The average molecular weight is 247 g/mol. The molecule has 18 heavy (non-hydrogen) atoms. The van der Waals surface area contributed by atoms with E-state index < -0.39 is 0 Å². The summed E-state index contributed by atoms with van der Waals surface area (Å²) in [6, 6.07) is 7.01. The smallest absolute Gasteiger partial charge is 0.316 e. The van der Waals surface area contributed by atoms with E-state index in [0.717, 1.165) is 0 Å². The second-order valence-electron chi connectivity index (χ2n) is 3.97. The monoisotopic (exact) mass is 247 g/mol. The van der Waals surface area contributed by atoms with Crippen molar-refractivity contribution in [2.45, 2.75) is 0 Å². The van der Waals surface area contributed by atoms with Crippen LogP contribution >= 0.6 is 0 Å². The molecular weight excluding hydrogens is 230 g/mol. The molecule has 0 heterocycles. The molecule has 1 aromatic rings. The fourth-order valence-corrected chi connectivity index (χ4v) is 1.33. The molecule has 4 N–H and O–H groups in total. The Labute approximate surface area is 106 Å². The first kappa shape index (κ1) is 13.6. The first-order valence-electron chi connectivity index (χ1n) is 5.53. The number of nitrogens with zero attached hydrogens (tertiary/aromatic N) is 2. The number of benzene rings is 1. The van der Waals surface area contributed by atoms with Crippen LogP contribution in [0.15, 0.2) is 18.2 Å². The molecule has 6 heteroatoms. The van der Waals surface area contributed by atoms with Crippen LogP contribution in [0.3, 0.4) is 0 Å². The number of amides is 2. The Balaban J connectivity index is 2.45. The van der Waals surface area contributed by atoms with Gasteiger partial charge in [-0.25, -0.2) is 4.79 Å². The van der Waals surface area contributed by atoms with Crippen LogP contribution in [0.5, 0.6) is 0 Å². The van der Waals surface area contributed by atoms with Crippen LogP contribution in [-0.2, 0) is 0 Å². The Bertz CT molecular complexity index is 464. The maximum Gasteiger partial charge on any atom is 0.316 e. The van der Waals surface area contributed by atoms with Gasteiger partial charge >= 0.3 is 6.03 Å². The number of urea groups is 1. The molecule has 0 atom stereocenters. The number of nitrogens with one attached hydrogen (secondary N) is 2. The van der Waals surface area contributed by atoms with Crippen molar-refractivity contribution in [3.63, 3.8) is 0 Å². The molecule has 0 saturated carbocycles. The molecular formula is C12H17N5O. The van der Waals surface area contributed by atoms with Crippen molar-refractivity contribution in [3.8, 4) is 6.07 Å². The molecule has 0 bridgehead atoms. The van der Waals surface area contributed by atoms with Gasteiger partial charge in [-0.2, -0.15) is 5.26 Å². The summed E-state index contributed by atoms with van der Waals surface area (Å²) in [5.74, 6) is 0.